The van der Waals surface area contributed by atoms with Crippen LogP contribution >= 0.6 is 23.4 Å². The molecule has 3 heteroatoms. The van der Waals surface area contributed by atoms with E-state index in [1.165, 1.54) is 17.8 Å². The highest BCUT2D eigenvalue weighted by Gasteiger charge is 1.99. The van der Waals surface area contributed by atoms with Crippen LogP contribution in [0.1, 0.15) is 13.8 Å². The molecule has 1 aromatic rings. The zero-order valence-corrected chi connectivity index (χ0v) is 8.97. The molecule has 0 spiro atoms. The second kappa shape index (κ2) is 6.32. The molecular weight excluding hydrogens is 195 g/mol. The van der Waals surface area contributed by atoms with Crippen molar-refractivity contribution < 1.29 is 4.39 Å². The van der Waals surface area contributed by atoms with Crippen LogP contribution in [0.3, 0.4) is 0 Å². The van der Waals surface area contributed by atoms with E-state index in [-0.39, 0.29) is 5.82 Å². The van der Waals surface area contributed by atoms with Crippen LogP contribution in [0.25, 0.3) is 0 Å². The lowest BCUT2D eigenvalue weighted by Gasteiger charge is -1.96. The first-order valence-electron chi connectivity index (χ1n) is 3.73. The van der Waals surface area contributed by atoms with Gasteiger partial charge in [-0.3, -0.25) is 0 Å². The average Bonchev–Trinajstić information content (AvgIpc) is 2.08. The summed E-state index contributed by atoms with van der Waals surface area (Å²) in [6.07, 6.45) is 1.83. The number of thioether (sulfide) groups is 1. The number of hydrogen-bond donors (Lipinski definition) is 0. The molecule has 0 saturated heterocycles. The largest absolute Gasteiger partial charge is 0.206 e. The lowest BCUT2D eigenvalue weighted by Crippen LogP contribution is -1.77. The van der Waals surface area contributed by atoms with Gasteiger partial charge in [-0.05, 0) is 24.5 Å². The molecular formula is C9H12ClFS. The standard InChI is InChI=1S/C7H6ClFS.C2H6/c1-10-7-3-2-5(8)4-6(7)9;1-2/h2-4H,1H3;1-2H3. The normalized spacial score (nSPS) is 8.75. The van der Waals surface area contributed by atoms with E-state index in [9.17, 15) is 4.39 Å². The molecule has 0 unspecified atom stereocenters. The van der Waals surface area contributed by atoms with Crippen LogP contribution in [0.15, 0.2) is 23.1 Å². The van der Waals surface area contributed by atoms with Crippen molar-refractivity contribution in [2.75, 3.05) is 6.26 Å². The SMILES string of the molecule is CC.CSc1ccc(Cl)cc1F. The minimum atomic E-state index is -0.250. The Balaban J connectivity index is 0.000000561. The van der Waals surface area contributed by atoms with E-state index in [0.29, 0.717) is 9.92 Å². The van der Waals surface area contributed by atoms with E-state index in [2.05, 4.69) is 0 Å². The Morgan fingerprint density at radius 3 is 2.33 bits per heavy atom. The van der Waals surface area contributed by atoms with Crippen molar-refractivity contribution in [3.05, 3.63) is 29.0 Å². The Labute approximate surface area is 82.1 Å². The third-order valence-corrected chi connectivity index (χ3v) is 2.12. The summed E-state index contributed by atoms with van der Waals surface area (Å²) in [6, 6.07) is 4.66. The monoisotopic (exact) mass is 206 g/mol. The molecule has 0 aliphatic rings. The second-order valence-corrected chi connectivity index (χ2v) is 3.06. The van der Waals surface area contributed by atoms with Crippen LogP contribution < -0.4 is 0 Å². The summed E-state index contributed by atoms with van der Waals surface area (Å²) < 4.78 is 12.7. The van der Waals surface area contributed by atoms with E-state index in [1.54, 1.807) is 12.1 Å². The molecule has 0 atom stereocenters. The van der Waals surface area contributed by atoms with Crippen molar-refractivity contribution in [2.45, 2.75) is 18.7 Å². The van der Waals surface area contributed by atoms with Gasteiger partial charge in [0.1, 0.15) is 5.82 Å². The van der Waals surface area contributed by atoms with Crippen LogP contribution in [-0.4, -0.2) is 6.26 Å². The van der Waals surface area contributed by atoms with E-state index >= 15 is 0 Å². The molecule has 0 aromatic heterocycles. The van der Waals surface area contributed by atoms with Crippen molar-refractivity contribution in [1.82, 2.24) is 0 Å². The van der Waals surface area contributed by atoms with Crippen molar-refractivity contribution in [2.24, 2.45) is 0 Å². The Morgan fingerprint density at radius 2 is 1.92 bits per heavy atom. The van der Waals surface area contributed by atoms with Gasteiger partial charge in [0.05, 0.1) is 0 Å². The van der Waals surface area contributed by atoms with Crippen molar-refractivity contribution in [1.29, 1.82) is 0 Å². The van der Waals surface area contributed by atoms with Gasteiger partial charge >= 0.3 is 0 Å². The summed E-state index contributed by atoms with van der Waals surface area (Å²) >= 11 is 6.90. The third-order valence-electron chi connectivity index (χ3n) is 1.11. The molecule has 0 aliphatic heterocycles. The van der Waals surface area contributed by atoms with Gasteiger partial charge in [-0.1, -0.05) is 25.4 Å². The van der Waals surface area contributed by atoms with E-state index in [1.807, 2.05) is 20.1 Å². The van der Waals surface area contributed by atoms with Crippen LogP contribution in [0.4, 0.5) is 4.39 Å². The molecule has 0 amide bonds. The summed E-state index contributed by atoms with van der Waals surface area (Å²) in [5.74, 6) is -0.250. The predicted molar refractivity (Wildman–Crippen MR) is 54.5 cm³/mol. The lowest BCUT2D eigenvalue weighted by molar-refractivity contribution is 0.602. The predicted octanol–water partition coefficient (Wildman–Crippen LogP) is 4.23. The van der Waals surface area contributed by atoms with Crippen LogP contribution in [0.2, 0.25) is 5.02 Å². The van der Waals surface area contributed by atoms with E-state index < -0.39 is 0 Å². The Bertz CT molecular complexity index is 238. The Morgan fingerprint density at radius 1 is 1.33 bits per heavy atom. The molecule has 68 valence electrons. The molecule has 1 aromatic carbocycles. The highest BCUT2D eigenvalue weighted by atomic mass is 35.5. The first kappa shape index (κ1) is 11.8. The maximum Gasteiger partial charge on any atom is 0.138 e. The number of benzene rings is 1. The molecule has 1 rings (SSSR count). The number of hydrogen-bond acceptors (Lipinski definition) is 1. The number of halogens is 2. The Kier molecular flexibility index (Phi) is 6.21. The van der Waals surface area contributed by atoms with Crippen LogP contribution in [-0.2, 0) is 0 Å². The minimum Gasteiger partial charge on any atom is -0.206 e. The molecule has 0 nitrogen and oxygen atoms in total. The average molecular weight is 207 g/mol. The van der Waals surface area contributed by atoms with Gasteiger partial charge in [0.15, 0.2) is 0 Å². The zero-order chi connectivity index (χ0) is 9.56. The minimum absolute atomic E-state index is 0.250. The molecule has 0 saturated carbocycles. The highest BCUT2D eigenvalue weighted by Crippen LogP contribution is 2.21. The first-order chi connectivity index (χ1) is 5.74. The van der Waals surface area contributed by atoms with Gasteiger partial charge in [-0.25, -0.2) is 4.39 Å². The van der Waals surface area contributed by atoms with Gasteiger partial charge < -0.3 is 0 Å². The fraction of sp³-hybridized carbons (Fsp3) is 0.333. The summed E-state index contributed by atoms with van der Waals surface area (Å²) in [5, 5.41) is 0.440. The molecule has 0 fully saturated rings. The van der Waals surface area contributed by atoms with Gasteiger partial charge in [0.2, 0.25) is 0 Å². The second-order valence-electron chi connectivity index (χ2n) is 1.78. The van der Waals surface area contributed by atoms with Crippen molar-refractivity contribution in [3.63, 3.8) is 0 Å². The zero-order valence-electron chi connectivity index (χ0n) is 7.40. The maximum atomic E-state index is 12.7. The molecule has 0 heterocycles. The van der Waals surface area contributed by atoms with Crippen LogP contribution in [0, 0.1) is 5.82 Å². The van der Waals surface area contributed by atoms with Gasteiger partial charge in [-0.2, -0.15) is 0 Å². The van der Waals surface area contributed by atoms with Crippen LogP contribution in [0.5, 0.6) is 0 Å². The molecule has 12 heavy (non-hydrogen) atoms. The smallest absolute Gasteiger partial charge is 0.138 e. The third kappa shape index (κ3) is 3.46. The summed E-state index contributed by atoms with van der Waals surface area (Å²) in [5.41, 5.74) is 0. The fourth-order valence-corrected chi connectivity index (χ4v) is 1.26. The maximum absolute atomic E-state index is 12.7. The topological polar surface area (TPSA) is 0 Å². The fourth-order valence-electron chi connectivity index (χ4n) is 0.641. The Hall–Kier alpha value is -0.210. The number of rotatable bonds is 1. The van der Waals surface area contributed by atoms with Gasteiger partial charge in [0, 0.05) is 9.92 Å². The molecule has 0 radical (unpaired) electrons. The van der Waals surface area contributed by atoms with Gasteiger partial charge in [0.25, 0.3) is 0 Å². The highest BCUT2D eigenvalue weighted by molar-refractivity contribution is 7.98. The van der Waals surface area contributed by atoms with E-state index in [4.69, 9.17) is 11.6 Å². The lowest BCUT2D eigenvalue weighted by atomic mass is 10.3. The first-order valence-corrected chi connectivity index (χ1v) is 5.33. The van der Waals surface area contributed by atoms with Crippen molar-refractivity contribution in [3.8, 4) is 0 Å². The molecule has 0 aliphatic carbocycles. The summed E-state index contributed by atoms with van der Waals surface area (Å²) in [4.78, 5) is 0.629. The molecule has 0 N–H and O–H groups in total. The molecule has 0 bridgehead atoms. The quantitative estimate of drug-likeness (QED) is 0.620. The summed E-state index contributed by atoms with van der Waals surface area (Å²) in [7, 11) is 0. The summed E-state index contributed by atoms with van der Waals surface area (Å²) in [6.45, 7) is 4.00. The van der Waals surface area contributed by atoms with Crippen molar-refractivity contribution >= 4 is 23.4 Å². The van der Waals surface area contributed by atoms with E-state index in [0.717, 1.165) is 0 Å². The van der Waals surface area contributed by atoms with Gasteiger partial charge in [-0.15, -0.1) is 11.8 Å².